The molecule has 2 N–H and O–H groups in total. The molecule has 0 aliphatic rings. The molecule has 0 atom stereocenters. The van der Waals surface area contributed by atoms with Crippen LogP contribution < -0.4 is 5.84 Å². The highest BCUT2D eigenvalue weighted by Crippen LogP contribution is 2.26. The topological polar surface area (TPSA) is 83.5 Å². The summed E-state index contributed by atoms with van der Waals surface area (Å²) in [6.07, 6.45) is 1.40. The van der Waals surface area contributed by atoms with Crippen LogP contribution in [0.1, 0.15) is 60.0 Å². The fourth-order valence-electron chi connectivity index (χ4n) is 1.91. The van der Waals surface area contributed by atoms with E-state index in [4.69, 9.17) is 15.3 Å². The van der Waals surface area contributed by atoms with Crippen molar-refractivity contribution < 1.29 is 19.1 Å². The summed E-state index contributed by atoms with van der Waals surface area (Å²) >= 11 is 0. The Labute approximate surface area is 112 Å². The largest absolute Gasteiger partial charge is 0.462 e. The number of nitrogens with zero attached hydrogens (tertiary/aromatic N) is 1. The monoisotopic (exact) mass is 268 g/mol. The zero-order chi connectivity index (χ0) is 14.6. The molecule has 0 aliphatic carbocycles. The van der Waals surface area contributed by atoms with Gasteiger partial charge in [-0.05, 0) is 19.8 Å². The summed E-state index contributed by atoms with van der Waals surface area (Å²) in [5.41, 5.74) is 1.06. The molecule has 1 rings (SSSR count). The van der Waals surface area contributed by atoms with Gasteiger partial charge in [-0.1, -0.05) is 13.8 Å². The highest BCUT2D eigenvalue weighted by molar-refractivity contribution is 5.98. The maximum Gasteiger partial charge on any atom is 0.357 e. The normalized spacial score (nSPS) is 10.6. The molecule has 0 saturated carbocycles. The Kier molecular flexibility index (Phi) is 4.97. The quantitative estimate of drug-likeness (QED) is 0.648. The van der Waals surface area contributed by atoms with Crippen molar-refractivity contribution in [3.8, 4) is 0 Å². The number of aromatic nitrogens is 1. The third-order valence-corrected chi connectivity index (χ3v) is 2.61. The fourth-order valence-corrected chi connectivity index (χ4v) is 1.91. The average molecular weight is 268 g/mol. The summed E-state index contributed by atoms with van der Waals surface area (Å²) in [6, 6.07) is 0. The van der Waals surface area contributed by atoms with Crippen LogP contribution in [-0.2, 0) is 9.47 Å². The lowest BCUT2D eigenvalue weighted by molar-refractivity contribution is 0.0514. The molecular weight excluding hydrogens is 248 g/mol. The van der Waals surface area contributed by atoms with Gasteiger partial charge in [0.2, 0.25) is 0 Å². The number of ether oxygens (including phenoxy) is 2. The maximum absolute atomic E-state index is 11.9. The molecule has 0 amide bonds. The first-order valence-electron chi connectivity index (χ1n) is 6.28. The van der Waals surface area contributed by atoms with Crippen LogP contribution in [0.5, 0.6) is 0 Å². The maximum atomic E-state index is 11.9. The van der Waals surface area contributed by atoms with Gasteiger partial charge in [0.1, 0.15) is 0 Å². The highest BCUT2D eigenvalue weighted by atomic mass is 16.5. The number of hydrogen-bond donors (Lipinski definition) is 1. The minimum absolute atomic E-state index is 0.0522. The molecule has 0 radical (unpaired) electrons. The van der Waals surface area contributed by atoms with Crippen molar-refractivity contribution in [2.24, 2.45) is 0 Å². The number of carbonyl (C=O) groups is 2. The number of rotatable bonds is 5. The Balaban J connectivity index is 3.32. The minimum Gasteiger partial charge on any atom is -0.462 e. The van der Waals surface area contributed by atoms with E-state index in [9.17, 15) is 9.59 Å². The second-order valence-corrected chi connectivity index (χ2v) is 4.31. The van der Waals surface area contributed by atoms with Gasteiger partial charge in [-0.3, -0.25) is 4.68 Å². The molecule has 0 bridgehead atoms. The van der Waals surface area contributed by atoms with Crippen molar-refractivity contribution in [2.75, 3.05) is 19.1 Å². The average Bonchev–Trinajstić information content (AvgIpc) is 2.67. The van der Waals surface area contributed by atoms with E-state index in [1.54, 1.807) is 13.8 Å². The third kappa shape index (κ3) is 3.07. The van der Waals surface area contributed by atoms with E-state index < -0.39 is 11.9 Å². The van der Waals surface area contributed by atoms with Gasteiger partial charge < -0.3 is 15.3 Å². The smallest absolute Gasteiger partial charge is 0.357 e. The van der Waals surface area contributed by atoms with E-state index >= 15 is 0 Å². The number of nitrogens with two attached hydrogens (primary N) is 1. The highest BCUT2D eigenvalue weighted by Gasteiger charge is 2.27. The van der Waals surface area contributed by atoms with E-state index in [0.29, 0.717) is 11.1 Å². The molecular formula is C13H20N2O4. The Morgan fingerprint density at radius 2 is 1.74 bits per heavy atom. The molecule has 0 spiro atoms. The molecule has 1 aromatic rings. The third-order valence-electron chi connectivity index (χ3n) is 2.61. The lowest BCUT2D eigenvalue weighted by Gasteiger charge is -2.10. The molecule has 106 valence electrons. The number of esters is 2. The molecule has 1 aromatic heterocycles. The number of nitrogen functional groups attached to an aromatic ring is 1. The van der Waals surface area contributed by atoms with Crippen molar-refractivity contribution in [2.45, 2.75) is 33.6 Å². The van der Waals surface area contributed by atoms with Crippen LogP contribution in [0.3, 0.4) is 0 Å². The van der Waals surface area contributed by atoms with Crippen LogP contribution in [0.2, 0.25) is 0 Å². The molecule has 1 heterocycles. The summed E-state index contributed by atoms with van der Waals surface area (Å²) in [4.78, 5) is 23.8. The Morgan fingerprint density at radius 3 is 2.21 bits per heavy atom. The van der Waals surface area contributed by atoms with Gasteiger partial charge in [0.25, 0.3) is 0 Å². The van der Waals surface area contributed by atoms with Crippen LogP contribution in [0.15, 0.2) is 6.20 Å². The van der Waals surface area contributed by atoms with Crippen LogP contribution in [-0.4, -0.2) is 29.8 Å². The fraction of sp³-hybridized carbons (Fsp3) is 0.538. The van der Waals surface area contributed by atoms with Gasteiger partial charge in [-0.15, -0.1) is 0 Å². The number of hydrogen-bond acceptors (Lipinski definition) is 5. The Bertz CT molecular complexity index is 477. The van der Waals surface area contributed by atoms with Crippen molar-refractivity contribution in [1.29, 1.82) is 0 Å². The Hall–Kier alpha value is -1.98. The van der Waals surface area contributed by atoms with Crippen LogP contribution >= 0.6 is 0 Å². The predicted octanol–water partition coefficient (Wildman–Crippen LogP) is 1.68. The van der Waals surface area contributed by atoms with E-state index in [1.807, 2.05) is 13.8 Å². The van der Waals surface area contributed by atoms with Gasteiger partial charge in [0, 0.05) is 11.8 Å². The standard InChI is InChI=1S/C13H20N2O4/c1-5-18-12(16)9-7-15(14)11(10(9)8(3)4)13(17)19-6-2/h7-8H,5-6,14H2,1-4H3. The first-order valence-corrected chi connectivity index (χ1v) is 6.28. The van der Waals surface area contributed by atoms with Gasteiger partial charge >= 0.3 is 11.9 Å². The summed E-state index contributed by atoms with van der Waals surface area (Å²) < 4.78 is 11.1. The van der Waals surface area contributed by atoms with Gasteiger partial charge in [0.15, 0.2) is 5.69 Å². The molecule has 6 heteroatoms. The first-order chi connectivity index (χ1) is 8.93. The van der Waals surface area contributed by atoms with Gasteiger partial charge in [-0.2, -0.15) is 0 Å². The predicted molar refractivity (Wildman–Crippen MR) is 70.6 cm³/mol. The van der Waals surface area contributed by atoms with E-state index in [-0.39, 0.29) is 24.8 Å². The van der Waals surface area contributed by atoms with Crippen molar-refractivity contribution in [3.05, 3.63) is 23.0 Å². The van der Waals surface area contributed by atoms with Gasteiger partial charge in [0.05, 0.1) is 18.8 Å². The summed E-state index contributed by atoms with van der Waals surface area (Å²) in [5.74, 6) is 4.68. The molecule has 0 fully saturated rings. The minimum atomic E-state index is -0.538. The summed E-state index contributed by atoms with van der Waals surface area (Å²) in [7, 11) is 0. The zero-order valence-electron chi connectivity index (χ0n) is 11.7. The van der Waals surface area contributed by atoms with Gasteiger partial charge in [-0.25, -0.2) is 9.59 Å². The summed E-state index contributed by atoms with van der Waals surface area (Å²) in [5, 5.41) is 0. The van der Waals surface area contributed by atoms with Crippen molar-refractivity contribution >= 4 is 11.9 Å². The zero-order valence-corrected chi connectivity index (χ0v) is 11.7. The molecule has 19 heavy (non-hydrogen) atoms. The van der Waals surface area contributed by atoms with E-state index in [1.165, 1.54) is 6.20 Å². The first kappa shape index (κ1) is 15.1. The van der Waals surface area contributed by atoms with E-state index in [0.717, 1.165) is 4.68 Å². The second kappa shape index (κ2) is 6.26. The lowest BCUT2D eigenvalue weighted by atomic mass is 9.99. The van der Waals surface area contributed by atoms with Crippen LogP contribution in [0.4, 0.5) is 0 Å². The van der Waals surface area contributed by atoms with Crippen LogP contribution in [0, 0.1) is 0 Å². The molecule has 6 nitrogen and oxygen atoms in total. The van der Waals surface area contributed by atoms with Crippen LogP contribution in [0.25, 0.3) is 0 Å². The number of carbonyl (C=O) groups excluding carboxylic acids is 2. The van der Waals surface area contributed by atoms with E-state index in [2.05, 4.69) is 0 Å². The molecule has 0 aliphatic heterocycles. The molecule has 0 aromatic carbocycles. The summed E-state index contributed by atoms with van der Waals surface area (Å²) in [6.45, 7) is 7.69. The Morgan fingerprint density at radius 1 is 1.21 bits per heavy atom. The molecule has 0 saturated heterocycles. The van der Waals surface area contributed by atoms with Crippen molar-refractivity contribution in [1.82, 2.24) is 4.68 Å². The second-order valence-electron chi connectivity index (χ2n) is 4.31. The SMILES string of the molecule is CCOC(=O)c1cn(N)c(C(=O)OCC)c1C(C)C. The lowest BCUT2D eigenvalue weighted by Crippen LogP contribution is -2.19. The van der Waals surface area contributed by atoms with Crippen molar-refractivity contribution in [3.63, 3.8) is 0 Å². The molecule has 0 unspecified atom stereocenters.